The van der Waals surface area contributed by atoms with Gasteiger partial charge in [-0.2, -0.15) is 0 Å². The third-order valence-electron chi connectivity index (χ3n) is 5.01. The highest BCUT2D eigenvalue weighted by Crippen LogP contribution is 2.41. The van der Waals surface area contributed by atoms with Gasteiger partial charge in [0.2, 0.25) is 0 Å². The van der Waals surface area contributed by atoms with Crippen LogP contribution in [0, 0.1) is 6.92 Å². The zero-order valence-corrected chi connectivity index (χ0v) is 15.4. The van der Waals surface area contributed by atoms with Crippen molar-refractivity contribution in [1.82, 2.24) is 5.32 Å². The first-order valence-electron chi connectivity index (χ1n) is 8.31. The summed E-state index contributed by atoms with van der Waals surface area (Å²) in [6.07, 6.45) is 0.981. The van der Waals surface area contributed by atoms with Gasteiger partial charge in [0, 0.05) is 6.04 Å². The Morgan fingerprint density at radius 3 is 2.39 bits per heavy atom. The summed E-state index contributed by atoms with van der Waals surface area (Å²) in [6.45, 7) is 19.3. The van der Waals surface area contributed by atoms with Crippen molar-refractivity contribution < 1.29 is 0 Å². The molecule has 0 aliphatic heterocycles. The smallest absolute Gasteiger partial charge is 0.0289 e. The molecule has 0 spiro atoms. The van der Waals surface area contributed by atoms with E-state index < -0.39 is 0 Å². The van der Waals surface area contributed by atoms with Crippen molar-refractivity contribution in [2.24, 2.45) is 0 Å². The average molecular weight is 307 g/mol. The van der Waals surface area contributed by atoms with Gasteiger partial charge in [-0.25, -0.2) is 0 Å². The molecule has 0 heterocycles. The molecule has 1 unspecified atom stereocenters. The Morgan fingerprint density at radius 2 is 1.87 bits per heavy atom. The lowest BCUT2D eigenvalue weighted by molar-refractivity contribution is 0.652. The molecule has 1 aliphatic carbocycles. The largest absolute Gasteiger partial charge is 0.313 e. The van der Waals surface area contributed by atoms with E-state index in [0.29, 0.717) is 6.04 Å². The first-order valence-corrected chi connectivity index (χ1v) is 8.31. The predicted molar refractivity (Wildman–Crippen MR) is 103 cm³/mol. The van der Waals surface area contributed by atoms with E-state index in [2.05, 4.69) is 71.3 Å². The quantitative estimate of drug-likeness (QED) is 0.730. The first-order chi connectivity index (χ1) is 10.8. The molecular weight excluding hydrogens is 278 g/mol. The molecule has 23 heavy (non-hydrogen) atoms. The van der Waals surface area contributed by atoms with Crippen LogP contribution in [0.3, 0.4) is 0 Å². The van der Waals surface area contributed by atoms with Gasteiger partial charge in [-0.1, -0.05) is 42.5 Å². The molecule has 1 aromatic rings. The Labute approximate surface area is 141 Å². The van der Waals surface area contributed by atoms with Gasteiger partial charge in [0.1, 0.15) is 0 Å². The van der Waals surface area contributed by atoms with E-state index in [1.807, 2.05) is 7.05 Å². The molecule has 0 fully saturated rings. The van der Waals surface area contributed by atoms with Crippen molar-refractivity contribution in [3.05, 3.63) is 75.9 Å². The molecule has 1 N–H and O–H groups in total. The maximum absolute atomic E-state index is 4.33. The predicted octanol–water partition coefficient (Wildman–Crippen LogP) is 5.90. The molecule has 0 radical (unpaired) electrons. The van der Waals surface area contributed by atoms with Crippen LogP contribution >= 0.6 is 0 Å². The Kier molecular flexibility index (Phi) is 5.11. The number of hydrogen-bond donors (Lipinski definition) is 1. The van der Waals surface area contributed by atoms with E-state index in [1.165, 1.54) is 39.0 Å². The molecule has 0 aromatic heterocycles. The summed E-state index contributed by atoms with van der Waals surface area (Å²) in [7, 11) is 2.00. The lowest BCUT2D eigenvalue weighted by Gasteiger charge is -2.27. The highest BCUT2D eigenvalue weighted by atomic mass is 14.8. The van der Waals surface area contributed by atoms with Crippen LogP contribution < -0.4 is 5.32 Å². The van der Waals surface area contributed by atoms with Gasteiger partial charge in [-0.15, -0.1) is 0 Å². The van der Waals surface area contributed by atoms with Crippen LogP contribution in [-0.2, 0) is 0 Å². The summed E-state index contributed by atoms with van der Waals surface area (Å²) >= 11 is 0. The van der Waals surface area contributed by atoms with Crippen LogP contribution in [0.1, 0.15) is 56.8 Å². The molecule has 2 rings (SSSR count). The van der Waals surface area contributed by atoms with E-state index in [4.69, 9.17) is 0 Å². The summed E-state index contributed by atoms with van der Waals surface area (Å²) in [4.78, 5) is 0. The van der Waals surface area contributed by atoms with Crippen LogP contribution in [-0.4, -0.2) is 7.05 Å². The maximum Gasteiger partial charge on any atom is 0.0289 e. The molecule has 1 atom stereocenters. The Balaban J connectivity index is 2.48. The van der Waals surface area contributed by atoms with Crippen molar-refractivity contribution >= 4 is 5.57 Å². The van der Waals surface area contributed by atoms with Crippen molar-refractivity contribution in [2.45, 2.75) is 47.1 Å². The Morgan fingerprint density at radius 1 is 1.22 bits per heavy atom. The summed E-state index contributed by atoms with van der Waals surface area (Å²) in [5.74, 6) is 0. The van der Waals surface area contributed by atoms with E-state index >= 15 is 0 Å². The van der Waals surface area contributed by atoms with Gasteiger partial charge in [0.05, 0.1) is 0 Å². The summed E-state index contributed by atoms with van der Waals surface area (Å²) in [6, 6.07) is 7.17. The zero-order valence-electron chi connectivity index (χ0n) is 15.4. The van der Waals surface area contributed by atoms with Crippen LogP contribution in [0.4, 0.5) is 0 Å². The second-order valence-electron chi connectivity index (χ2n) is 6.78. The molecule has 0 saturated carbocycles. The van der Waals surface area contributed by atoms with Gasteiger partial charge < -0.3 is 5.32 Å². The van der Waals surface area contributed by atoms with Crippen molar-refractivity contribution in [3.8, 4) is 0 Å². The highest BCUT2D eigenvalue weighted by Gasteiger charge is 2.21. The molecule has 122 valence electrons. The van der Waals surface area contributed by atoms with Crippen LogP contribution in [0.2, 0.25) is 0 Å². The summed E-state index contributed by atoms with van der Waals surface area (Å²) in [5.41, 5.74) is 11.6. The van der Waals surface area contributed by atoms with Gasteiger partial charge >= 0.3 is 0 Å². The van der Waals surface area contributed by atoms with Crippen molar-refractivity contribution in [1.29, 1.82) is 0 Å². The van der Waals surface area contributed by atoms with E-state index in [-0.39, 0.29) is 0 Å². The van der Waals surface area contributed by atoms with E-state index in [9.17, 15) is 0 Å². The normalized spacial score (nSPS) is 16.9. The monoisotopic (exact) mass is 307 g/mol. The molecule has 1 aromatic carbocycles. The zero-order chi connectivity index (χ0) is 17.3. The van der Waals surface area contributed by atoms with E-state index in [1.54, 1.807) is 0 Å². The van der Waals surface area contributed by atoms with E-state index in [0.717, 1.165) is 17.6 Å². The molecular formula is C22H29N. The standard InChI is InChI=1S/C22H29N/c1-13(2)22-15(4)12-21(16(5)17(22)6)20-10-9-19(11-14(20)3)18(7)23-8/h9-11,18,23H,1,6,12H2,2-5,7-8H3. The lowest BCUT2D eigenvalue weighted by Crippen LogP contribution is -2.13. The van der Waals surface area contributed by atoms with Crippen LogP contribution in [0.15, 0.2) is 59.2 Å². The first kappa shape index (κ1) is 17.5. The molecule has 1 aliphatic rings. The van der Waals surface area contributed by atoms with Crippen LogP contribution in [0.5, 0.6) is 0 Å². The molecule has 0 amide bonds. The Hall–Kier alpha value is -1.86. The second-order valence-corrected chi connectivity index (χ2v) is 6.78. The Bertz CT molecular complexity index is 728. The van der Waals surface area contributed by atoms with Crippen LogP contribution in [0.25, 0.3) is 5.57 Å². The number of rotatable bonds is 4. The van der Waals surface area contributed by atoms with Gasteiger partial charge in [-0.05, 0) is 87.1 Å². The topological polar surface area (TPSA) is 12.0 Å². The van der Waals surface area contributed by atoms with Gasteiger partial charge in [0.25, 0.3) is 0 Å². The fourth-order valence-corrected chi connectivity index (χ4v) is 3.49. The van der Waals surface area contributed by atoms with Gasteiger partial charge in [0.15, 0.2) is 0 Å². The lowest BCUT2D eigenvalue weighted by atomic mass is 9.78. The average Bonchev–Trinajstić information content (AvgIpc) is 2.50. The third kappa shape index (κ3) is 3.25. The molecule has 1 nitrogen and oxygen atoms in total. The summed E-state index contributed by atoms with van der Waals surface area (Å²) < 4.78 is 0. The number of nitrogens with one attached hydrogen (secondary N) is 1. The number of hydrogen-bond acceptors (Lipinski definition) is 1. The van der Waals surface area contributed by atoms with Crippen molar-refractivity contribution in [3.63, 3.8) is 0 Å². The summed E-state index contributed by atoms with van der Waals surface area (Å²) in [5, 5.41) is 3.31. The fourth-order valence-electron chi connectivity index (χ4n) is 3.49. The maximum atomic E-state index is 4.33. The fraction of sp³-hybridized carbons (Fsp3) is 0.364. The number of aryl methyl sites for hydroxylation is 1. The number of allylic oxidation sites excluding steroid dienone is 6. The van der Waals surface area contributed by atoms with Crippen molar-refractivity contribution in [2.75, 3.05) is 7.05 Å². The SMILES string of the molecule is C=C(C)C1=C(C)CC(c2ccc(C(C)NC)cc2C)=C(C)C1=C. The number of benzene rings is 1. The minimum atomic E-state index is 0.371. The minimum Gasteiger partial charge on any atom is -0.313 e. The molecule has 1 heteroatoms. The van der Waals surface area contributed by atoms with Gasteiger partial charge in [-0.3, -0.25) is 0 Å². The highest BCUT2D eigenvalue weighted by molar-refractivity contribution is 5.81. The molecule has 0 bridgehead atoms. The molecule has 0 saturated heterocycles. The third-order valence-corrected chi connectivity index (χ3v) is 5.01. The minimum absolute atomic E-state index is 0.371. The second kappa shape index (κ2) is 6.72.